The number of nitrogens with zero attached hydrogens (tertiary/aromatic N) is 2. The Balaban J connectivity index is 1.99. The van der Waals surface area contributed by atoms with E-state index in [1.807, 2.05) is 6.92 Å². The van der Waals surface area contributed by atoms with Gasteiger partial charge in [0.15, 0.2) is 0 Å². The van der Waals surface area contributed by atoms with E-state index in [4.69, 9.17) is 5.11 Å². The van der Waals surface area contributed by atoms with E-state index >= 15 is 0 Å². The van der Waals surface area contributed by atoms with Crippen LogP contribution in [-0.2, 0) is 7.05 Å². The number of hydrogen-bond donors (Lipinski definition) is 2. The minimum atomic E-state index is -0.245. The second kappa shape index (κ2) is 3.66. The monoisotopic (exact) mass is 209 g/mol. The summed E-state index contributed by atoms with van der Waals surface area (Å²) in [5, 5.41) is 16.1. The topological polar surface area (TPSA) is 67.2 Å². The van der Waals surface area contributed by atoms with E-state index in [2.05, 4.69) is 10.4 Å². The van der Waals surface area contributed by atoms with Crippen molar-refractivity contribution in [3.63, 3.8) is 0 Å². The predicted molar refractivity (Wildman–Crippen MR) is 54.4 cm³/mol. The van der Waals surface area contributed by atoms with Crippen molar-refractivity contribution in [1.29, 1.82) is 0 Å². The maximum atomic E-state index is 11.7. The van der Waals surface area contributed by atoms with Crippen LogP contribution in [0.5, 0.6) is 0 Å². The van der Waals surface area contributed by atoms with Crippen molar-refractivity contribution in [2.75, 3.05) is 0 Å². The fourth-order valence-electron chi connectivity index (χ4n) is 1.79. The van der Waals surface area contributed by atoms with E-state index in [1.54, 1.807) is 17.9 Å². The smallest absolute Gasteiger partial charge is 0.254 e. The first-order valence-corrected chi connectivity index (χ1v) is 5.05. The molecule has 5 nitrogen and oxygen atoms in total. The Morgan fingerprint density at radius 3 is 2.80 bits per heavy atom. The van der Waals surface area contributed by atoms with Crippen molar-refractivity contribution in [3.05, 3.63) is 17.5 Å². The first-order valence-electron chi connectivity index (χ1n) is 5.05. The molecule has 0 unspecified atom stereocenters. The fraction of sp³-hybridized carbons (Fsp3) is 0.600. The normalized spacial score (nSPS) is 24.7. The van der Waals surface area contributed by atoms with Crippen molar-refractivity contribution >= 4 is 5.91 Å². The molecule has 1 amide bonds. The zero-order valence-electron chi connectivity index (χ0n) is 8.90. The highest BCUT2D eigenvalue weighted by Gasteiger charge is 2.29. The van der Waals surface area contributed by atoms with Crippen molar-refractivity contribution < 1.29 is 9.90 Å². The van der Waals surface area contributed by atoms with Crippen molar-refractivity contribution in [2.45, 2.75) is 31.9 Å². The maximum absolute atomic E-state index is 11.7. The van der Waals surface area contributed by atoms with Gasteiger partial charge in [-0.2, -0.15) is 5.10 Å². The first-order chi connectivity index (χ1) is 7.06. The molecule has 1 fully saturated rings. The highest BCUT2D eigenvalue weighted by Crippen LogP contribution is 2.20. The van der Waals surface area contributed by atoms with E-state index in [1.165, 1.54) is 0 Å². The van der Waals surface area contributed by atoms with Gasteiger partial charge >= 0.3 is 0 Å². The molecule has 5 heteroatoms. The average Bonchev–Trinajstić information content (AvgIpc) is 2.42. The van der Waals surface area contributed by atoms with Gasteiger partial charge in [0.05, 0.1) is 17.4 Å². The Hall–Kier alpha value is -1.36. The summed E-state index contributed by atoms with van der Waals surface area (Å²) in [7, 11) is 1.79. The molecule has 0 aliphatic heterocycles. The summed E-state index contributed by atoms with van der Waals surface area (Å²) in [6.45, 7) is 1.81. The van der Waals surface area contributed by atoms with Gasteiger partial charge < -0.3 is 10.4 Å². The standard InChI is InChI=1S/C10H15N3O2/c1-6-9(5-13(2)12-6)10(15)11-7-3-8(14)4-7/h5,7-8,14H,3-4H2,1-2H3,(H,11,15). The van der Waals surface area contributed by atoms with Gasteiger partial charge in [-0.3, -0.25) is 9.48 Å². The quantitative estimate of drug-likeness (QED) is 0.719. The Morgan fingerprint density at radius 1 is 1.67 bits per heavy atom. The third kappa shape index (κ3) is 2.02. The molecule has 1 heterocycles. The van der Waals surface area contributed by atoms with Crippen LogP contribution in [0, 0.1) is 6.92 Å². The molecule has 2 N–H and O–H groups in total. The zero-order chi connectivity index (χ0) is 11.0. The molecule has 0 aromatic carbocycles. The summed E-state index contributed by atoms with van der Waals surface area (Å²) in [4.78, 5) is 11.7. The highest BCUT2D eigenvalue weighted by atomic mass is 16.3. The van der Waals surface area contributed by atoms with Crippen LogP contribution in [0.25, 0.3) is 0 Å². The summed E-state index contributed by atoms with van der Waals surface area (Å²) in [6.07, 6.45) is 2.78. The van der Waals surface area contributed by atoms with Crippen molar-refractivity contribution in [2.24, 2.45) is 7.05 Å². The van der Waals surface area contributed by atoms with Gasteiger partial charge in [-0.15, -0.1) is 0 Å². The fourth-order valence-corrected chi connectivity index (χ4v) is 1.79. The summed E-state index contributed by atoms with van der Waals surface area (Å²) in [5.74, 6) is -0.0995. The number of aryl methyl sites for hydroxylation is 2. The summed E-state index contributed by atoms with van der Waals surface area (Å²) in [5.41, 5.74) is 1.34. The number of aliphatic hydroxyl groups is 1. The molecule has 1 aromatic heterocycles. The van der Waals surface area contributed by atoms with Gasteiger partial charge in [-0.05, 0) is 19.8 Å². The van der Waals surface area contributed by atoms with Crippen LogP contribution in [0.3, 0.4) is 0 Å². The zero-order valence-corrected chi connectivity index (χ0v) is 8.90. The molecule has 2 rings (SSSR count). The Labute approximate surface area is 88.1 Å². The average molecular weight is 209 g/mol. The van der Waals surface area contributed by atoms with Crippen molar-refractivity contribution in [3.8, 4) is 0 Å². The Bertz CT molecular complexity index is 380. The lowest BCUT2D eigenvalue weighted by atomic mass is 9.89. The number of aromatic nitrogens is 2. The number of hydrogen-bond acceptors (Lipinski definition) is 3. The van der Waals surface area contributed by atoms with Crippen LogP contribution < -0.4 is 5.32 Å². The number of rotatable bonds is 2. The van der Waals surface area contributed by atoms with E-state index in [0.29, 0.717) is 18.4 Å². The van der Waals surface area contributed by atoms with E-state index in [9.17, 15) is 4.79 Å². The van der Waals surface area contributed by atoms with Crippen molar-refractivity contribution in [1.82, 2.24) is 15.1 Å². The van der Waals surface area contributed by atoms with Gasteiger partial charge in [0.1, 0.15) is 0 Å². The molecule has 0 saturated heterocycles. The molecule has 1 aliphatic rings. The molecule has 82 valence electrons. The molecule has 1 aliphatic carbocycles. The number of carbonyl (C=O) groups excluding carboxylic acids is 1. The number of aliphatic hydroxyl groups excluding tert-OH is 1. The molecular formula is C10H15N3O2. The lowest BCUT2D eigenvalue weighted by Crippen LogP contribution is -2.46. The minimum Gasteiger partial charge on any atom is -0.393 e. The molecule has 1 aromatic rings. The molecule has 0 spiro atoms. The number of carbonyl (C=O) groups is 1. The lowest BCUT2D eigenvalue weighted by Gasteiger charge is -2.31. The van der Waals surface area contributed by atoms with Crippen LogP contribution in [0.2, 0.25) is 0 Å². The second-order valence-corrected chi connectivity index (χ2v) is 4.10. The minimum absolute atomic E-state index is 0.0995. The van der Waals surface area contributed by atoms with Gasteiger partial charge in [0.2, 0.25) is 0 Å². The van der Waals surface area contributed by atoms with Crippen LogP contribution in [-0.4, -0.2) is 32.9 Å². The highest BCUT2D eigenvalue weighted by molar-refractivity contribution is 5.95. The summed E-state index contributed by atoms with van der Waals surface area (Å²) >= 11 is 0. The summed E-state index contributed by atoms with van der Waals surface area (Å²) < 4.78 is 1.62. The predicted octanol–water partition coefficient (Wildman–Crippen LogP) is -0.0184. The number of nitrogens with one attached hydrogen (secondary N) is 1. The van der Waals surface area contributed by atoms with Crippen LogP contribution >= 0.6 is 0 Å². The van der Waals surface area contributed by atoms with Crippen LogP contribution in [0.4, 0.5) is 0 Å². The molecule has 0 bridgehead atoms. The molecule has 0 radical (unpaired) electrons. The SMILES string of the molecule is Cc1nn(C)cc1C(=O)NC1CC(O)C1. The second-order valence-electron chi connectivity index (χ2n) is 4.10. The summed E-state index contributed by atoms with van der Waals surface area (Å²) in [6, 6.07) is 0.118. The largest absolute Gasteiger partial charge is 0.393 e. The van der Waals surface area contributed by atoms with Gasteiger partial charge in [0, 0.05) is 19.3 Å². The van der Waals surface area contributed by atoms with Gasteiger partial charge in [-0.25, -0.2) is 0 Å². The van der Waals surface area contributed by atoms with E-state index in [0.717, 1.165) is 5.69 Å². The first kappa shape index (κ1) is 10.2. The Morgan fingerprint density at radius 2 is 2.33 bits per heavy atom. The van der Waals surface area contributed by atoms with E-state index < -0.39 is 0 Å². The molecule has 1 saturated carbocycles. The van der Waals surface area contributed by atoms with Crippen LogP contribution in [0.1, 0.15) is 28.9 Å². The molecule has 15 heavy (non-hydrogen) atoms. The van der Waals surface area contributed by atoms with Crippen LogP contribution in [0.15, 0.2) is 6.20 Å². The van der Waals surface area contributed by atoms with Gasteiger partial charge in [0.25, 0.3) is 5.91 Å². The number of amides is 1. The molecular weight excluding hydrogens is 194 g/mol. The third-order valence-corrected chi connectivity index (χ3v) is 2.71. The van der Waals surface area contributed by atoms with E-state index in [-0.39, 0.29) is 18.1 Å². The molecule has 0 atom stereocenters. The third-order valence-electron chi connectivity index (χ3n) is 2.71. The Kier molecular flexibility index (Phi) is 2.48. The maximum Gasteiger partial charge on any atom is 0.254 e. The lowest BCUT2D eigenvalue weighted by molar-refractivity contribution is 0.0562. The van der Waals surface area contributed by atoms with Gasteiger partial charge in [-0.1, -0.05) is 0 Å².